The van der Waals surface area contributed by atoms with Crippen LogP contribution in [0.15, 0.2) is 36.4 Å². The maximum Gasteiger partial charge on any atom is 0.0997 e. The topological polar surface area (TPSA) is 23.8 Å². The van der Waals surface area contributed by atoms with Gasteiger partial charge in [0.05, 0.1) is 11.6 Å². The molecule has 0 fully saturated rings. The van der Waals surface area contributed by atoms with Gasteiger partial charge in [0.2, 0.25) is 0 Å². The molecule has 21 heavy (non-hydrogen) atoms. The van der Waals surface area contributed by atoms with Crippen LogP contribution in [0.4, 0.5) is 0 Å². The summed E-state index contributed by atoms with van der Waals surface area (Å²) in [5.74, 6) is 6.48. The number of halogens is 1. The summed E-state index contributed by atoms with van der Waals surface area (Å²) in [6.07, 6.45) is 0.598. The fourth-order valence-corrected chi connectivity index (χ4v) is 2.75. The van der Waals surface area contributed by atoms with Crippen molar-refractivity contribution in [3.05, 3.63) is 69.8 Å². The van der Waals surface area contributed by atoms with Gasteiger partial charge in [-0.1, -0.05) is 64.2 Å². The summed E-state index contributed by atoms with van der Waals surface area (Å²) < 4.78 is 0. The molecular weight excluding hydrogens is 322 g/mol. The Bertz CT molecular complexity index is 757. The van der Waals surface area contributed by atoms with Crippen LogP contribution < -0.4 is 0 Å². The third kappa shape index (κ3) is 3.54. The van der Waals surface area contributed by atoms with Crippen LogP contribution >= 0.6 is 15.9 Å². The summed E-state index contributed by atoms with van der Waals surface area (Å²) in [6.45, 7) is 4.03. The fourth-order valence-electron chi connectivity index (χ4n) is 2.28. The van der Waals surface area contributed by atoms with E-state index in [0.717, 1.165) is 27.6 Å². The smallest absolute Gasteiger partial charge is 0.0997 e. The van der Waals surface area contributed by atoms with Gasteiger partial charge in [-0.2, -0.15) is 5.26 Å². The number of hydrogen-bond acceptors (Lipinski definition) is 1. The molecular formula is C19H16BrN. The van der Waals surface area contributed by atoms with Crippen LogP contribution in [0.2, 0.25) is 0 Å². The van der Waals surface area contributed by atoms with Crippen molar-refractivity contribution in [1.82, 2.24) is 0 Å². The number of nitrogens with zero attached hydrogens (tertiary/aromatic N) is 1. The Morgan fingerprint density at radius 1 is 0.952 bits per heavy atom. The number of rotatable bonds is 2. The van der Waals surface area contributed by atoms with E-state index in [-0.39, 0.29) is 0 Å². The fraction of sp³-hybridized carbons (Fsp3) is 0.211. The minimum absolute atomic E-state index is 0.598. The monoisotopic (exact) mass is 337 g/mol. The first-order valence-corrected chi connectivity index (χ1v) is 7.91. The van der Waals surface area contributed by atoms with Gasteiger partial charge >= 0.3 is 0 Å². The van der Waals surface area contributed by atoms with E-state index in [1.165, 1.54) is 11.1 Å². The number of nitriles is 1. The third-order valence-corrected chi connectivity index (χ3v) is 4.07. The third-order valence-electron chi connectivity index (χ3n) is 3.47. The Morgan fingerprint density at radius 2 is 1.57 bits per heavy atom. The normalized spacial score (nSPS) is 9.62. The van der Waals surface area contributed by atoms with Crippen molar-refractivity contribution in [3.8, 4) is 17.9 Å². The predicted molar refractivity (Wildman–Crippen MR) is 90.3 cm³/mol. The number of alkyl halides is 1. The van der Waals surface area contributed by atoms with E-state index < -0.39 is 0 Å². The van der Waals surface area contributed by atoms with Crippen molar-refractivity contribution < 1.29 is 0 Å². The molecule has 0 spiro atoms. The summed E-state index contributed by atoms with van der Waals surface area (Å²) in [5.41, 5.74) is 6.22. The zero-order valence-electron chi connectivity index (χ0n) is 12.2. The van der Waals surface area contributed by atoms with E-state index in [2.05, 4.69) is 52.9 Å². The highest BCUT2D eigenvalue weighted by atomic mass is 79.9. The first-order chi connectivity index (χ1) is 10.2. The molecule has 0 saturated heterocycles. The minimum atomic E-state index is 0.598. The van der Waals surface area contributed by atoms with Crippen molar-refractivity contribution in [2.45, 2.75) is 25.6 Å². The highest BCUT2D eigenvalue weighted by molar-refractivity contribution is 9.08. The number of benzene rings is 2. The van der Waals surface area contributed by atoms with Crippen molar-refractivity contribution in [2.24, 2.45) is 0 Å². The number of aryl methyl sites for hydroxylation is 2. The molecule has 0 aliphatic rings. The van der Waals surface area contributed by atoms with Gasteiger partial charge in [-0.15, -0.1) is 0 Å². The summed E-state index contributed by atoms with van der Waals surface area (Å²) in [7, 11) is 0. The first kappa shape index (κ1) is 15.4. The average Bonchev–Trinajstić information content (AvgIpc) is 2.49. The molecule has 2 rings (SSSR count). The Labute approximate surface area is 134 Å². The minimum Gasteiger partial charge on any atom is -0.192 e. The maximum absolute atomic E-state index is 9.24. The van der Waals surface area contributed by atoms with E-state index in [0.29, 0.717) is 6.42 Å². The predicted octanol–water partition coefficient (Wildman–Crippen LogP) is 4.66. The highest BCUT2D eigenvalue weighted by Crippen LogP contribution is 2.17. The molecule has 2 aromatic carbocycles. The van der Waals surface area contributed by atoms with Gasteiger partial charge in [0.15, 0.2) is 0 Å². The van der Waals surface area contributed by atoms with Crippen LogP contribution in [0.25, 0.3) is 0 Å². The van der Waals surface area contributed by atoms with Crippen molar-refractivity contribution in [3.63, 3.8) is 0 Å². The van der Waals surface area contributed by atoms with Crippen LogP contribution in [0.5, 0.6) is 0 Å². The molecule has 0 bridgehead atoms. The van der Waals surface area contributed by atoms with Gasteiger partial charge in [0.1, 0.15) is 0 Å². The highest BCUT2D eigenvalue weighted by Gasteiger charge is 2.04. The first-order valence-electron chi connectivity index (χ1n) is 6.79. The Balaban J connectivity index is 2.31. The number of hydrogen-bond donors (Lipinski definition) is 0. The van der Waals surface area contributed by atoms with Crippen molar-refractivity contribution in [2.75, 3.05) is 0 Å². The van der Waals surface area contributed by atoms with Gasteiger partial charge in [0.25, 0.3) is 0 Å². The SMILES string of the molecule is Cc1cccc(CBr)c1C#CCc1cccc(C)c1C#N. The van der Waals surface area contributed by atoms with Crippen LogP contribution in [0, 0.1) is 37.0 Å². The summed E-state index contributed by atoms with van der Waals surface area (Å²) in [5, 5.41) is 10.0. The van der Waals surface area contributed by atoms with E-state index in [1.54, 1.807) is 0 Å². The molecule has 2 heteroatoms. The lowest BCUT2D eigenvalue weighted by atomic mass is 10.00. The second-order valence-corrected chi connectivity index (χ2v) is 5.50. The van der Waals surface area contributed by atoms with Gasteiger partial charge in [-0.3, -0.25) is 0 Å². The molecule has 2 aromatic rings. The lowest BCUT2D eigenvalue weighted by molar-refractivity contribution is 1.25. The van der Waals surface area contributed by atoms with Gasteiger partial charge in [-0.05, 0) is 36.1 Å². The zero-order valence-corrected chi connectivity index (χ0v) is 13.8. The lowest BCUT2D eigenvalue weighted by Gasteiger charge is -2.04. The van der Waals surface area contributed by atoms with Crippen molar-refractivity contribution in [1.29, 1.82) is 5.26 Å². The molecule has 0 aliphatic carbocycles. The van der Waals surface area contributed by atoms with E-state index >= 15 is 0 Å². The lowest BCUT2D eigenvalue weighted by Crippen LogP contribution is -1.93. The summed E-state index contributed by atoms with van der Waals surface area (Å²) in [4.78, 5) is 0. The average molecular weight is 338 g/mol. The van der Waals surface area contributed by atoms with Gasteiger partial charge in [0, 0.05) is 17.3 Å². The molecule has 0 saturated carbocycles. The molecule has 0 radical (unpaired) electrons. The molecule has 0 N–H and O–H groups in total. The van der Waals surface area contributed by atoms with Crippen LogP contribution in [-0.2, 0) is 11.8 Å². The van der Waals surface area contributed by atoms with E-state index in [4.69, 9.17) is 0 Å². The van der Waals surface area contributed by atoms with E-state index in [9.17, 15) is 5.26 Å². The zero-order chi connectivity index (χ0) is 15.2. The van der Waals surface area contributed by atoms with Crippen LogP contribution in [-0.4, -0.2) is 0 Å². The molecule has 0 amide bonds. The molecule has 104 valence electrons. The Hall–Kier alpha value is -2.03. The standard InChI is InChI=1S/C19H16BrN/c1-14-6-4-10-17(12-20)18(14)11-5-9-16-8-3-7-15(2)19(16)13-21/h3-4,6-8,10H,9,12H2,1-2H3. The quantitative estimate of drug-likeness (QED) is 0.577. The Kier molecular flexibility index (Phi) is 5.20. The summed E-state index contributed by atoms with van der Waals surface area (Å²) in [6, 6.07) is 14.4. The van der Waals surface area contributed by atoms with Crippen LogP contribution in [0.1, 0.15) is 33.4 Å². The van der Waals surface area contributed by atoms with Crippen molar-refractivity contribution >= 4 is 15.9 Å². The molecule has 0 aliphatic heterocycles. The molecule has 0 heterocycles. The Morgan fingerprint density at radius 3 is 2.19 bits per heavy atom. The van der Waals surface area contributed by atoms with E-state index in [1.807, 2.05) is 31.2 Å². The second-order valence-electron chi connectivity index (χ2n) is 4.94. The molecule has 0 atom stereocenters. The van der Waals surface area contributed by atoms with Gasteiger partial charge < -0.3 is 0 Å². The molecule has 0 unspecified atom stereocenters. The summed E-state index contributed by atoms with van der Waals surface area (Å²) >= 11 is 3.50. The largest absolute Gasteiger partial charge is 0.192 e. The van der Waals surface area contributed by atoms with Gasteiger partial charge in [-0.25, -0.2) is 0 Å². The van der Waals surface area contributed by atoms with Crippen LogP contribution in [0.3, 0.4) is 0 Å². The maximum atomic E-state index is 9.24. The second kappa shape index (κ2) is 7.11. The molecule has 1 nitrogen and oxygen atoms in total. The molecule has 0 aromatic heterocycles.